The summed E-state index contributed by atoms with van der Waals surface area (Å²) in [5.41, 5.74) is 7.87. The minimum Gasteiger partial charge on any atom is -0.329 e. The third-order valence-electron chi connectivity index (χ3n) is 3.38. The van der Waals surface area contributed by atoms with Crippen molar-refractivity contribution in [1.29, 1.82) is 0 Å². The largest absolute Gasteiger partial charge is 0.329 e. The Bertz CT molecular complexity index is 482. The normalized spacial score (nSPS) is 19.9. The molecule has 0 saturated carbocycles. The maximum absolute atomic E-state index is 11.8. The summed E-state index contributed by atoms with van der Waals surface area (Å²) in [6, 6.07) is 8.19. The molecule has 0 fully saturated rings. The predicted octanol–water partition coefficient (Wildman–Crippen LogP) is 1.48. The van der Waals surface area contributed by atoms with Crippen molar-refractivity contribution in [2.75, 3.05) is 18.1 Å². The van der Waals surface area contributed by atoms with Gasteiger partial charge in [-0.25, -0.2) is 8.42 Å². The highest BCUT2D eigenvalue weighted by Crippen LogP contribution is 2.32. The number of nitrogens with two attached hydrogens (primary N) is 1. The van der Waals surface area contributed by atoms with Gasteiger partial charge in [-0.3, -0.25) is 0 Å². The van der Waals surface area contributed by atoms with Crippen LogP contribution in [-0.2, 0) is 16.3 Å². The Morgan fingerprint density at radius 2 is 2.06 bits per heavy atom. The second-order valence-corrected chi connectivity index (χ2v) is 6.92. The summed E-state index contributed by atoms with van der Waals surface area (Å²) in [6.07, 6.45) is 3.13. The molecule has 1 aromatic rings. The van der Waals surface area contributed by atoms with Gasteiger partial charge < -0.3 is 5.73 Å². The Kier molecular flexibility index (Phi) is 3.84. The van der Waals surface area contributed by atoms with Gasteiger partial charge in [-0.1, -0.05) is 24.3 Å². The van der Waals surface area contributed by atoms with Gasteiger partial charge in [0, 0.05) is 6.54 Å². The van der Waals surface area contributed by atoms with Gasteiger partial charge >= 0.3 is 0 Å². The number of rotatable bonds is 4. The topological polar surface area (TPSA) is 60.2 Å². The first-order valence-electron chi connectivity index (χ1n) is 6.11. The lowest BCUT2D eigenvalue weighted by Crippen LogP contribution is -2.24. The Labute approximate surface area is 103 Å². The molecule has 2 rings (SSSR count). The maximum Gasteiger partial charge on any atom is 0.152 e. The van der Waals surface area contributed by atoms with Crippen LogP contribution in [0.15, 0.2) is 24.3 Å². The average molecular weight is 253 g/mol. The van der Waals surface area contributed by atoms with Crippen LogP contribution >= 0.6 is 0 Å². The zero-order chi connectivity index (χ0) is 12.3. The highest BCUT2D eigenvalue weighted by Gasteiger charge is 2.24. The van der Waals surface area contributed by atoms with E-state index in [1.54, 1.807) is 0 Å². The zero-order valence-electron chi connectivity index (χ0n) is 9.93. The summed E-state index contributed by atoms with van der Waals surface area (Å²) >= 11 is 0. The van der Waals surface area contributed by atoms with Crippen LogP contribution in [0.1, 0.15) is 29.9 Å². The van der Waals surface area contributed by atoms with Crippen LogP contribution in [0.3, 0.4) is 0 Å². The third kappa shape index (κ3) is 3.07. The first-order chi connectivity index (χ1) is 8.12. The van der Waals surface area contributed by atoms with Crippen molar-refractivity contribution in [2.45, 2.75) is 25.2 Å². The quantitative estimate of drug-likeness (QED) is 0.884. The summed E-state index contributed by atoms with van der Waals surface area (Å²) < 4.78 is 23.7. The van der Waals surface area contributed by atoms with Gasteiger partial charge in [0.25, 0.3) is 0 Å². The molecule has 0 spiro atoms. The average Bonchev–Trinajstić information content (AvgIpc) is 2.29. The molecule has 0 bridgehead atoms. The summed E-state index contributed by atoms with van der Waals surface area (Å²) in [7, 11) is -3.00. The van der Waals surface area contributed by atoms with Crippen LogP contribution in [0.5, 0.6) is 0 Å². The molecule has 1 unspecified atom stereocenters. The molecular formula is C13H19NO2S. The SMILES string of the molecule is NCCS(=O)(=O)CC1CCCc2ccccc21. The van der Waals surface area contributed by atoms with Crippen molar-refractivity contribution < 1.29 is 8.42 Å². The smallest absolute Gasteiger partial charge is 0.152 e. The molecule has 0 heterocycles. The first-order valence-corrected chi connectivity index (χ1v) is 7.93. The minimum atomic E-state index is -3.00. The van der Waals surface area contributed by atoms with Crippen LogP contribution in [0.2, 0.25) is 0 Å². The van der Waals surface area contributed by atoms with Crippen LogP contribution in [-0.4, -0.2) is 26.5 Å². The van der Waals surface area contributed by atoms with Crippen molar-refractivity contribution in [2.24, 2.45) is 5.73 Å². The molecule has 4 heteroatoms. The number of hydrogen-bond donors (Lipinski definition) is 1. The summed E-state index contributed by atoms with van der Waals surface area (Å²) in [5.74, 6) is 0.517. The molecule has 0 saturated heterocycles. The number of sulfone groups is 1. The standard InChI is InChI=1S/C13H19NO2S/c14-8-9-17(15,16)10-12-6-3-5-11-4-1-2-7-13(11)12/h1-2,4,7,12H,3,5-6,8-10,14H2. The van der Waals surface area contributed by atoms with Gasteiger partial charge in [0.1, 0.15) is 0 Å². The van der Waals surface area contributed by atoms with Crippen molar-refractivity contribution in [3.63, 3.8) is 0 Å². The van der Waals surface area contributed by atoms with Crippen molar-refractivity contribution in [3.8, 4) is 0 Å². The molecule has 2 N–H and O–H groups in total. The Hall–Kier alpha value is -0.870. The fourth-order valence-corrected chi connectivity index (χ4v) is 4.08. The summed E-state index contributed by atoms with van der Waals surface area (Å²) in [6.45, 7) is 0.219. The van der Waals surface area contributed by atoms with Crippen LogP contribution in [0, 0.1) is 0 Å². The van der Waals surface area contributed by atoms with E-state index in [4.69, 9.17) is 5.73 Å². The Morgan fingerprint density at radius 1 is 1.29 bits per heavy atom. The van der Waals surface area contributed by atoms with E-state index in [0.717, 1.165) is 19.3 Å². The second kappa shape index (κ2) is 5.19. The van der Waals surface area contributed by atoms with E-state index in [1.807, 2.05) is 12.1 Å². The molecule has 1 aromatic carbocycles. The fraction of sp³-hybridized carbons (Fsp3) is 0.538. The fourth-order valence-electron chi connectivity index (χ4n) is 2.60. The van der Waals surface area contributed by atoms with Crippen molar-refractivity contribution >= 4 is 9.84 Å². The summed E-state index contributed by atoms with van der Waals surface area (Å²) in [4.78, 5) is 0. The number of hydrogen-bond acceptors (Lipinski definition) is 3. The van der Waals surface area contributed by atoms with Crippen LogP contribution < -0.4 is 5.73 Å². The van der Waals surface area contributed by atoms with E-state index in [-0.39, 0.29) is 24.0 Å². The van der Waals surface area contributed by atoms with E-state index >= 15 is 0 Å². The van der Waals surface area contributed by atoms with Crippen LogP contribution in [0.25, 0.3) is 0 Å². The van der Waals surface area contributed by atoms with Crippen molar-refractivity contribution in [3.05, 3.63) is 35.4 Å². The predicted molar refractivity (Wildman–Crippen MR) is 69.8 cm³/mol. The molecular weight excluding hydrogens is 234 g/mol. The lowest BCUT2D eigenvalue weighted by molar-refractivity contribution is 0.558. The van der Waals surface area contributed by atoms with Gasteiger partial charge in [0.05, 0.1) is 11.5 Å². The van der Waals surface area contributed by atoms with Crippen LogP contribution in [0.4, 0.5) is 0 Å². The molecule has 94 valence electrons. The van der Waals surface area contributed by atoms with Gasteiger partial charge in [-0.05, 0) is 36.3 Å². The van der Waals surface area contributed by atoms with E-state index in [2.05, 4.69) is 12.1 Å². The Balaban J connectivity index is 2.19. The number of benzene rings is 1. The molecule has 0 amide bonds. The first kappa shape index (κ1) is 12.6. The van der Waals surface area contributed by atoms with Gasteiger partial charge in [0.2, 0.25) is 0 Å². The third-order valence-corrected chi connectivity index (χ3v) is 5.15. The Morgan fingerprint density at radius 3 is 2.82 bits per heavy atom. The lowest BCUT2D eigenvalue weighted by Gasteiger charge is -2.25. The molecule has 1 atom stereocenters. The minimum absolute atomic E-state index is 0.103. The maximum atomic E-state index is 11.8. The lowest BCUT2D eigenvalue weighted by atomic mass is 9.84. The molecule has 1 aliphatic carbocycles. The summed E-state index contributed by atoms with van der Waals surface area (Å²) in [5, 5.41) is 0. The van der Waals surface area contributed by atoms with E-state index in [1.165, 1.54) is 11.1 Å². The van der Waals surface area contributed by atoms with Crippen molar-refractivity contribution in [1.82, 2.24) is 0 Å². The van der Waals surface area contributed by atoms with Gasteiger partial charge in [0.15, 0.2) is 9.84 Å². The number of aryl methyl sites for hydroxylation is 1. The van der Waals surface area contributed by atoms with Gasteiger partial charge in [-0.15, -0.1) is 0 Å². The molecule has 0 aliphatic heterocycles. The van der Waals surface area contributed by atoms with Gasteiger partial charge in [-0.2, -0.15) is 0 Å². The zero-order valence-corrected chi connectivity index (χ0v) is 10.7. The molecule has 0 radical (unpaired) electrons. The monoisotopic (exact) mass is 253 g/mol. The van der Waals surface area contributed by atoms with E-state index in [0.29, 0.717) is 0 Å². The number of fused-ring (bicyclic) bond motifs is 1. The van der Waals surface area contributed by atoms with E-state index < -0.39 is 9.84 Å². The molecule has 1 aliphatic rings. The second-order valence-electron chi connectivity index (χ2n) is 4.69. The molecule has 17 heavy (non-hydrogen) atoms. The highest BCUT2D eigenvalue weighted by atomic mass is 32.2. The van der Waals surface area contributed by atoms with E-state index in [9.17, 15) is 8.42 Å². The molecule has 0 aromatic heterocycles. The highest BCUT2D eigenvalue weighted by molar-refractivity contribution is 7.91. The molecule has 3 nitrogen and oxygen atoms in total.